The zero-order valence-electron chi connectivity index (χ0n) is 30.2. The van der Waals surface area contributed by atoms with Gasteiger partial charge in [0.05, 0.1) is 11.0 Å². The topological polar surface area (TPSA) is 56.7 Å². The van der Waals surface area contributed by atoms with Crippen molar-refractivity contribution in [2.45, 2.75) is 0 Å². The first kappa shape index (κ1) is 31.9. The maximum absolute atomic E-state index is 6.26. The second kappa shape index (κ2) is 13.0. The van der Waals surface area contributed by atoms with Crippen LogP contribution >= 0.6 is 0 Å². The van der Waals surface area contributed by atoms with E-state index in [9.17, 15) is 0 Å². The SMILES string of the molecule is c1ccc(-c2nc(-c3ccccc3)nc(-c3ccccc3-c3ccc(-n4c5ccccc5c5ccc(-c6ccc7c(c6)oc6ccccc67)cc54)cc3)n2)cc1. The molecule has 0 aliphatic rings. The largest absolute Gasteiger partial charge is 0.456 e. The van der Waals surface area contributed by atoms with Gasteiger partial charge in [0.15, 0.2) is 17.5 Å². The third-order valence-corrected chi connectivity index (χ3v) is 10.7. The molecule has 0 bridgehead atoms. The van der Waals surface area contributed by atoms with Crippen molar-refractivity contribution in [1.29, 1.82) is 0 Å². The predicted molar refractivity (Wildman–Crippen MR) is 229 cm³/mol. The lowest BCUT2D eigenvalue weighted by Crippen LogP contribution is -2.01. The highest BCUT2D eigenvalue weighted by molar-refractivity contribution is 6.11. The second-order valence-electron chi connectivity index (χ2n) is 14.0. The van der Waals surface area contributed by atoms with E-state index in [0.717, 1.165) is 77.6 Å². The molecule has 0 saturated heterocycles. The quantitative estimate of drug-likeness (QED) is 0.172. The zero-order valence-corrected chi connectivity index (χ0v) is 30.2. The van der Waals surface area contributed by atoms with Crippen LogP contribution < -0.4 is 0 Å². The highest BCUT2D eigenvalue weighted by Gasteiger charge is 2.18. The summed E-state index contributed by atoms with van der Waals surface area (Å²) in [6, 6.07) is 67.5. The summed E-state index contributed by atoms with van der Waals surface area (Å²) in [5.74, 6) is 1.92. The van der Waals surface area contributed by atoms with Crippen molar-refractivity contribution < 1.29 is 4.42 Å². The first-order valence-corrected chi connectivity index (χ1v) is 18.8. The standard InChI is InChI=1S/C51H32N4O/c1-3-13-34(14-4-1)49-52-50(35-15-5-2-6-16-35)54-51(53-49)44-20-8-7-17-39(44)33-23-27-38(28-24-33)55-45-21-11-9-18-40(45)41-29-25-36(31-46(41)55)37-26-30-43-42-19-10-12-22-47(42)56-48(43)32-37/h1-32H. The normalized spacial score (nSPS) is 11.6. The van der Waals surface area contributed by atoms with Gasteiger partial charge in [0.1, 0.15) is 11.2 Å². The van der Waals surface area contributed by atoms with Gasteiger partial charge in [-0.3, -0.25) is 0 Å². The molecule has 3 heterocycles. The molecule has 262 valence electrons. The Kier molecular flexibility index (Phi) is 7.42. The van der Waals surface area contributed by atoms with Crippen molar-refractivity contribution in [3.05, 3.63) is 194 Å². The minimum atomic E-state index is 0.633. The molecule has 0 amide bonds. The summed E-state index contributed by atoms with van der Waals surface area (Å²) in [6.07, 6.45) is 0. The fourth-order valence-corrected chi connectivity index (χ4v) is 7.98. The Morgan fingerprint density at radius 1 is 0.321 bits per heavy atom. The highest BCUT2D eigenvalue weighted by Crippen LogP contribution is 2.38. The van der Waals surface area contributed by atoms with Crippen molar-refractivity contribution in [3.8, 4) is 62.1 Å². The third-order valence-electron chi connectivity index (χ3n) is 10.7. The maximum Gasteiger partial charge on any atom is 0.164 e. The zero-order chi connectivity index (χ0) is 37.0. The van der Waals surface area contributed by atoms with Crippen LogP contribution in [0.1, 0.15) is 0 Å². The van der Waals surface area contributed by atoms with Crippen LogP contribution in [0.4, 0.5) is 0 Å². The Balaban J connectivity index is 1.02. The molecule has 0 unspecified atom stereocenters. The van der Waals surface area contributed by atoms with Gasteiger partial charge in [-0.15, -0.1) is 0 Å². The lowest BCUT2D eigenvalue weighted by Gasteiger charge is -2.13. The summed E-state index contributed by atoms with van der Waals surface area (Å²) < 4.78 is 8.63. The molecule has 0 spiro atoms. The smallest absolute Gasteiger partial charge is 0.164 e. The molecule has 0 atom stereocenters. The Bertz CT molecular complexity index is 3180. The van der Waals surface area contributed by atoms with E-state index in [1.165, 1.54) is 10.8 Å². The summed E-state index contributed by atoms with van der Waals surface area (Å²) in [4.78, 5) is 15.0. The van der Waals surface area contributed by atoms with Gasteiger partial charge < -0.3 is 8.98 Å². The fourth-order valence-electron chi connectivity index (χ4n) is 7.98. The number of aromatic nitrogens is 4. The van der Waals surface area contributed by atoms with Gasteiger partial charge in [0.2, 0.25) is 0 Å². The van der Waals surface area contributed by atoms with Crippen LogP contribution in [0.25, 0.3) is 106 Å². The van der Waals surface area contributed by atoms with E-state index in [4.69, 9.17) is 19.4 Å². The lowest BCUT2D eigenvalue weighted by atomic mass is 9.98. The van der Waals surface area contributed by atoms with Gasteiger partial charge >= 0.3 is 0 Å². The first-order valence-electron chi connectivity index (χ1n) is 18.8. The Morgan fingerprint density at radius 2 is 0.839 bits per heavy atom. The van der Waals surface area contributed by atoms with E-state index in [1.54, 1.807) is 0 Å². The molecule has 0 saturated carbocycles. The van der Waals surface area contributed by atoms with Crippen molar-refractivity contribution in [2.75, 3.05) is 0 Å². The number of para-hydroxylation sites is 2. The number of rotatable bonds is 6. The lowest BCUT2D eigenvalue weighted by molar-refractivity contribution is 0.669. The van der Waals surface area contributed by atoms with E-state index in [2.05, 4.69) is 120 Å². The minimum absolute atomic E-state index is 0.633. The molecule has 56 heavy (non-hydrogen) atoms. The van der Waals surface area contributed by atoms with E-state index >= 15 is 0 Å². The van der Waals surface area contributed by atoms with Crippen LogP contribution in [0, 0.1) is 0 Å². The van der Waals surface area contributed by atoms with Gasteiger partial charge in [0.25, 0.3) is 0 Å². The molecule has 5 nitrogen and oxygen atoms in total. The molecular weight excluding hydrogens is 685 g/mol. The summed E-state index contributed by atoms with van der Waals surface area (Å²) in [5, 5.41) is 4.69. The van der Waals surface area contributed by atoms with Crippen LogP contribution in [0.5, 0.6) is 0 Å². The molecule has 0 aliphatic carbocycles. The molecule has 11 aromatic rings. The molecule has 0 radical (unpaired) electrons. The van der Waals surface area contributed by atoms with E-state index < -0.39 is 0 Å². The van der Waals surface area contributed by atoms with Gasteiger partial charge in [-0.2, -0.15) is 0 Å². The van der Waals surface area contributed by atoms with Gasteiger partial charge in [-0.25, -0.2) is 15.0 Å². The number of furan rings is 1. The molecule has 0 fully saturated rings. The summed E-state index contributed by atoms with van der Waals surface area (Å²) in [7, 11) is 0. The van der Waals surface area contributed by atoms with Gasteiger partial charge in [-0.05, 0) is 64.7 Å². The first-order chi connectivity index (χ1) is 27.7. The Hall–Kier alpha value is -7.63. The molecule has 11 rings (SSSR count). The molecule has 0 aliphatic heterocycles. The summed E-state index contributed by atoms with van der Waals surface area (Å²) in [6.45, 7) is 0. The van der Waals surface area contributed by atoms with Crippen molar-refractivity contribution in [2.24, 2.45) is 0 Å². The number of fused-ring (bicyclic) bond motifs is 6. The average molecular weight is 717 g/mol. The van der Waals surface area contributed by atoms with E-state index in [-0.39, 0.29) is 0 Å². The van der Waals surface area contributed by atoms with Crippen LogP contribution in [0.2, 0.25) is 0 Å². The van der Waals surface area contributed by atoms with Crippen molar-refractivity contribution >= 4 is 43.7 Å². The predicted octanol–water partition coefficient (Wildman–Crippen LogP) is 13.2. The molecular formula is C51H32N4O. The molecule has 0 N–H and O–H groups in total. The average Bonchev–Trinajstić information content (AvgIpc) is 3.82. The monoisotopic (exact) mass is 716 g/mol. The van der Waals surface area contributed by atoms with Crippen LogP contribution in [0.15, 0.2) is 199 Å². The number of hydrogen-bond acceptors (Lipinski definition) is 4. The third kappa shape index (κ3) is 5.37. The van der Waals surface area contributed by atoms with Crippen LogP contribution in [0.3, 0.4) is 0 Å². The number of benzene rings is 8. The second-order valence-corrected chi connectivity index (χ2v) is 14.0. The van der Waals surface area contributed by atoms with Crippen molar-refractivity contribution in [1.82, 2.24) is 19.5 Å². The Morgan fingerprint density at radius 3 is 1.57 bits per heavy atom. The Labute approximate surface area is 322 Å². The van der Waals surface area contributed by atoms with Crippen LogP contribution in [-0.2, 0) is 0 Å². The number of hydrogen-bond donors (Lipinski definition) is 0. The summed E-state index contributed by atoms with van der Waals surface area (Å²) in [5.41, 5.74) is 12.4. The maximum atomic E-state index is 6.26. The molecule has 8 aromatic carbocycles. The van der Waals surface area contributed by atoms with Gasteiger partial charge in [-0.1, -0.05) is 152 Å². The van der Waals surface area contributed by atoms with E-state index in [0.29, 0.717) is 17.5 Å². The van der Waals surface area contributed by atoms with Crippen LogP contribution in [-0.4, -0.2) is 19.5 Å². The van der Waals surface area contributed by atoms with Crippen molar-refractivity contribution in [3.63, 3.8) is 0 Å². The number of nitrogens with zero attached hydrogens (tertiary/aromatic N) is 4. The summed E-state index contributed by atoms with van der Waals surface area (Å²) >= 11 is 0. The molecule has 3 aromatic heterocycles. The fraction of sp³-hybridized carbons (Fsp3) is 0. The molecule has 5 heteroatoms. The van der Waals surface area contributed by atoms with Gasteiger partial charge in [0, 0.05) is 43.9 Å². The highest BCUT2D eigenvalue weighted by atomic mass is 16.3. The van der Waals surface area contributed by atoms with E-state index in [1.807, 2.05) is 78.9 Å². The minimum Gasteiger partial charge on any atom is -0.456 e.